The highest BCUT2D eigenvalue weighted by Gasteiger charge is 2.26. The van der Waals surface area contributed by atoms with Crippen molar-refractivity contribution < 1.29 is 9.09 Å². The minimum absolute atomic E-state index is 0.313. The number of hydrogen-bond donors (Lipinski definition) is 1. The molecule has 0 aliphatic rings. The third kappa shape index (κ3) is 7.38. The zero-order chi connectivity index (χ0) is 15.7. The van der Waals surface area contributed by atoms with Gasteiger partial charge in [-0.1, -0.05) is 17.7 Å². The van der Waals surface area contributed by atoms with Crippen LogP contribution in [0.2, 0.25) is 0 Å². The number of hydrogen-bond acceptors (Lipinski definition) is 3. The van der Waals surface area contributed by atoms with E-state index >= 15 is 0 Å². The van der Waals surface area contributed by atoms with Crippen molar-refractivity contribution in [2.75, 3.05) is 37.2 Å². The number of halogens is 2. The van der Waals surface area contributed by atoms with Crippen LogP contribution in [0, 0.1) is 6.92 Å². The van der Waals surface area contributed by atoms with E-state index < -0.39 is 7.67 Å². The highest BCUT2D eigenvalue weighted by Crippen LogP contribution is 2.42. The second kappa shape index (κ2) is 10.1. The van der Waals surface area contributed by atoms with Gasteiger partial charge in [-0.15, -0.1) is 35.0 Å². The molecule has 1 rings (SSSR count). The topological polar surface area (TPSA) is 55.6 Å². The van der Waals surface area contributed by atoms with E-state index in [0.29, 0.717) is 37.2 Å². The van der Waals surface area contributed by atoms with Crippen LogP contribution in [0.4, 0.5) is 0 Å². The van der Waals surface area contributed by atoms with Crippen LogP contribution < -0.4 is 5.50 Å². The SMILES string of the molecule is Cc1ccc(SCCOP(N)(=O)N(CCCl)CCCl)cc1. The first-order chi connectivity index (χ1) is 9.99. The van der Waals surface area contributed by atoms with Crippen molar-refractivity contribution >= 4 is 42.6 Å². The Morgan fingerprint density at radius 3 is 2.33 bits per heavy atom. The van der Waals surface area contributed by atoms with Gasteiger partial charge in [0.25, 0.3) is 0 Å². The Balaban J connectivity index is 2.38. The first-order valence-electron chi connectivity index (χ1n) is 6.59. The third-order valence-corrected chi connectivity index (χ3v) is 5.78. The Morgan fingerprint density at radius 1 is 1.24 bits per heavy atom. The molecular weight excluding hydrogens is 350 g/mol. The zero-order valence-electron chi connectivity index (χ0n) is 12.0. The molecule has 0 aromatic heterocycles. The van der Waals surface area contributed by atoms with E-state index in [2.05, 4.69) is 24.3 Å². The van der Waals surface area contributed by atoms with Gasteiger partial charge in [-0.25, -0.2) is 10.2 Å². The summed E-state index contributed by atoms with van der Waals surface area (Å²) in [5, 5.41) is 0. The molecule has 0 heterocycles. The number of alkyl halides is 2. The summed E-state index contributed by atoms with van der Waals surface area (Å²) in [6, 6.07) is 8.21. The highest BCUT2D eigenvalue weighted by atomic mass is 35.5. The van der Waals surface area contributed by atoms with Crippen LogP contribution in [0.1, 0.15) is 5.56 Å². The lowest BCUT2D eigenvalue weighted by Gasteiger charge is -2.26. The first-order valence-corrected chi connectivity index (χ1v) is 10.3. The average Bonchev–Trinajstić information content (AvgIpc) is 2.45. The molecule has 0 aliphatic heterocycles. The molecule has 0 aliphatic carbocycles. The van der Waals surface area contributed by atoms with E-state index in [1.54, 1.807) is 11.8 Å². The summed E-state index contributed by atoms with van der Waals surface area (Å²) < 4.78 is 19.2. The van der Waals surface area contributed by atoms with E-state index in [1.807, 2.05) is 6.92 Å². The lowest BCUT2D eigenvalue weighted by Crippen LogP contribution is -2.29. The lowest BCUT2D eigenvalue weighted by atomic mass is 10.2. The van der Waals surface area contributed by atoms with Gasteiger partial charge in [0.05, 0.1) is 6.61 Å². The van der Waals surface area contributed by atoms with E-state index in [-0.39, 0.29) is 0 Å². The van der Waals surface area contributed by atoms with Crippen molar-refractivity contribution in [1.29, 1.82) is 0 Å². The minimum Gasteiger partial charge on any atom is -0.305 e. The molecule has 0 saturated carbocycles. The monoisotopic (exact) mass is 370 g/mol. The normalized spacial score (nSPS) is 14.3. The standard InChI is InChI=1S/C13H21Cl2N2O2PS/c1-12-2-4-13(5-3-12)21-11-10-19-20(16,18)17(8-6-14)9-7-15/h2-5H,6-11H2,1H3,(H2,16,18). The molecule has 1 unspecified atom stereocenters. The Hall–Kier alpha value is 0.260. The smallest absolute Gasteiger partial charge is 0.305 e. The highest BCUT2D eigenvalue weighted by molar-refractivity contribution is 7.99. The second-order valence-electron chi connectivity index (χ2n) is 4.39. The molecule has 0 saturated heterocycles. The van der Waals surface area contributed by atoms with Gasteiger partial charge in [-0.2, -0.15) is 0 Å². The van der Waals surface area contributed by atoms with Gasteiger partial charge in [0.2, 0.25) is 0 Å². The van der Waals surface area contributed by atoms with Crippen molar-refractivity contribution in [1.82, 2.24) is 4.67 Å². The van der Waals surface area contributed by atoms with Crippen molar-refractivity contribution in [2.45, 2.75) is 11.8 Å². The summed E-state index contributed by atoms with van der Waals surface area (Å²) >= 11 is 13.0. The van der Waals surface area contributed by atoms with Crippen LogP contribution in [0.25, 0.3) is 0 Å². The maximum Gasteiger partial charge on any atom is 0.340 e. The van der Waals surface area contributed by atoms with Gasteiger partial charge in [0, 0.05) is 35.5 Å². The summed E-state index contributed by atoms with van der Waals surface area (Å²) in [5.41, 5.74) is 6.99. The molecule has 1 aromatic rings. The fourth-order valence-electron chi connectivity index (χ4n) is 1.63. The third-order valence-electron chi connectivity index (χ3n) is 2.73. The van der Waals surface area contributed by atoms with Crippen molar-refractivity contribution in [3.05, 3.63) is 29.8 Å². The first kappa shape index (κ1) is 19.3. The maximum absolute atomic E-state index is 12.3. The van der Waals surface area contributed by atoms with Gasteiger partial charge in [0.1, 0.15) is 0 Å². The van der Waals surface area contributed by atoms with Gasteiger partial charge >= 0.3 is 7.67 Å². The van der Waals surface area contributed by atoms with Crippen molar-refractivity contribution in [3.8, 4) is 0 Å². The van der Waals surface area contributed by atoms with Gasteiger partial charge in [-0.05, 0) is 19.1 Å². The number of nitrogens with zero attached hydrogens (tertiary/aromatic N) is 1. The van der Waals surface area contributed by atoms with E-state index in [4.69, 9.17) is 33.2 Å². The molecule has 1 atom stereocenters. The molecule has 8 heteroatoms. The molecule has 120 valence electrons. The number of aryl methyl sites for hydroxylation is 1. The molecule has 0 fully saturated rings. The fraction of sp³-hybridized carbons (Fsp3) is 0.538. The predicted molar refractivity (Wildman–Crippen MR) is 92.7 cm³/mol. The summed E-state index contributed by atoms with van der Waals surface area (Å²) in [5.74, 6) is 1.35. The number of rotatable bonds is 10. The fourth-order valence-corrected chi connectivity index (χ4v) is 4.40. The Kier molecular flexibility index (Phi) is 9.30. The van der Waals surface area contributed by atoms with Crippen molar-refractivity contribution in [2.24, 2.45) is 5.50 Å². The van der Waals surface area contributed by atoms with E-state index in [0.717, 1.165) is 4.90 Å². The van der Waals surface area contributed by atoms with E-state index in [1.165, 1.54) is 10.2 Å². The Labute approximate surface area is 140 Å². The molecule has 0 amide bonds. The minimum atomic E-state index is -3.31. The molecule has 0 bridgehead atoms. The predicted octanol–water partition coefficient (Wildman–Crippen LogP) is 3.95. The summed E-state index contributed by atoms with van der Waals surface area (Å²) in [6.07, 6.45) is 0. The number of benzene rings is 1. The molecular formula is C13H21Cl2N2O2PS. The van der Waals surface area contributed by atoms with Gasteiger partial charge < -0.3 is 4.52 Å². The molecule has 0 radical (unpaired) electrons. The van der Waals surface area contributed by atoms with Crippen LogP contribution in [0.5, 0.6) is 0 Å². The van der Waals surface area contributed by atoms with Gasteiger partial charge in [0.15, 0.2) is 0 Å². The average molecular weight is 371 g/mol. The van der Waals surface area contributed by atoms with Gasteiger partial charge in [-0.3, -0.25) is 4.57 Å². The molecule has 4 nitrogen and oxygen atoms in total. The largest absolute Gasteiger partial charge is 0.340 e. The summed E-state index contributed by atoms with van der Waals surface area (Å²) in [4.78, 5) is 1.15. The quantitative estimate of drug-likeness (QED) is 0.292. The van der Waals surface area contributed by atoms with Crippen LogP contribution in [0.3, 0.4) is 0 Å². The lowest BCUT2D eigenvalue weighted by molar-refractivity contribution is 0.281. The number of thioether (sulfide) groups is 1. The Morgan fingerprint density at radius 2 is 1.81 bits per heavy atom. The molecule has 1 aromatic carbocycles. The van der Waals surface area contributed by atoms with Crippen LogP contribution in [-0.4, -0.2) is 41.9 Å². The number of nitrogens with two attached hydrogens (primary N) is 1. The van der Waals surface area contributed by atoms with Crippen LogP contribution in [-0.2, 0) is 9.09 Å². The van der Waals surface area contributed by atoms with E-state index in [9.17, 15) is 4.57 Å². The summed E-state index contributed by atoms with van der Waals surface area (Å²) in [6.45, 7) is 3.15. The van der Waals surface area contributed by atoms with Crippen molar-refractivity contribution in [3.63, 3.8) is 0 Å². The van der Waals surface area contributed by atoms with Crippen LogP contribution >= 0.6 is 42.6 Å². The molecule has 0 spiro atoms. The summed E-state index contributed by atoms with van der Waals surface area (Å²) in [7, 11) is -3.31. The maximum atomic E-state index is 12.3. The zero-order valence-corrected chi connectivity index (χ0v) is 15.2. The molecule has 21 heavy (non-hydrogen) atoms. The Bertz CT molecular complexity index is 456. The second-order valence-corrected chi connectivity index (χ2v) is 8.27. The molecule has 2 N–H and O–H groups in total. The van der Waals surface area contributed by atoms with Crippen LogP contribution in [0.15, 0.2) is 29.2 Å².